The molecule has 0 rings (SSSR count). The van der Waals surface area contributed by atoms with E-state index in [2.05, 4.69) is 11.9 Å². The summed E-state index contributed by atoms with van der Waals surface area (Å²) < 4.78 is 5.49. The molecule has 0 saturated carbocycles. The van der Waals surface area contributed by atoms with E-state index in [4.69, 9.17) is 4.74 Å². The second kappa shape index (κ2) is 12.6. The highest BCUT2D eigenvalue weighted by Gasteiger charge is 2.44. The maximum absolute atomic E-state index is 13.8. The van der Waals surface area contributed by atoms with Crippen molar-refractivity contribution in [3.05, 3.63) is 24.3 Å². The molecule has 1 unspecified atom stereocenters. The molecule has 0 aromatic carbocycles. The number of carboxylic acid groups (broad SMARTS) is 1. The lowest BCUT2D eigenvalue weighted by Crippen LogP contribution is -2.62. The highest BCUT2D eigenvalue weighted by molar-refractivity contribution is 5.92. The van der Waals surface area contributed by atoms with E-state index in [1.807, 2.05) is 34.6 Å². The molecule has 9 heteroatoms. The first-order valence-electron chi connectivity index (χ1n) is 12.6. The van der Waals surface area contributed by atoms with Crippen molar-refractivity contribution in [2.24, 2.45) is 16.7 Å². The van der Waals surface area contributed by atoms with E-state index in [1.54, 1.807) is 53.8 Å². The molecule has 0 fully saturated rings. The summed E-state index contributed by atoms with van der Waals surface area (Å²) in [5.41, 5.74) is -2.18. The second-order valence-electron chi connectivity index (χ2n) is 12.7. The zero-order chi connectivity index (χ0) is 29.7. The van der Waals surface area contributed by atoms with Gasteiger partial charge in [-0.1, -0.05) is 60.6 Å². The number of ether oxygens (including phenoxy) is 1. The van der Waals surface area contributed by atoms with Crippen LogP contribution in [0.2, 0.25) is 0 Å². The molecule has 0 aliphatic rings. The second-order valence-corrected chi connectivity index (χ2v) is 12.7. The smallest absolute Gasteiger partial charge is 0.410 e. The monoisotopic (exact) mass is 523 g/mol. The number of aliphatic carboxylic acids is 1. The Kier molecular flexibility index (Phi) is 11.6. The predicted molar refractivity (Wildman–Crippen MR) is 146 cm³/mol. The van der Waals surface area contributed by atoms with Gasteiger partial charge >= 0.3 is 12.1 Å². The first-order chi connectivity index (χ1) is 16.5. The van der Waals surface area contributed by atoms with Crippen LogP contribution in [-0.2, 0) is 19.1 Å². The van der Waals surface area contributed by atoms with Crippen LogP contribution in [0, 0.1) is 16.7 Å². The average Bonchev–Trinajstić information content (AvgIpc) is 2.72. The number of carbonyl (C=O) groups excluding carboxylic acids is 3. The van der Waals surface area contributed by atoms with Gasteiger partial charge in [-0.25, -0.2) is 9.59 Å². The van der Waals surface area contributed by atoms with Crippen LogP contribution in [0.25, 0.3) is 0 Å². The summed E-state index contributed by atoms with van der Waals surface area (Å²) in [7, 11) is 3.08. The molecule has 0 aliphatic heterocycles. The summed E-state index contributed by atoms with van der Waals surface area (Å²) in [6.45, 7) is 23.4. The lowest BCUT2D eigenvalue weighted by molar-refractivity contribution is -0.142. The van der Waals surface area contributed by atoms with Crippen LogP contribution in [0.15, 0.2) is 24.3 Å². The fraction of sp³-hybridized carbons (Fsp3) is 0.714. The molecule has 0 heterocycles. The standard InChI is InChI=1S/C28H49N3O6/c1-15-28(11,12)21(31(14)25(36)37-27(8,9)10)22(32)29-20(26(5,6)7)23(33)30(13)19(17(2)3)16-18(4)24(34)35/h15-17,19-21H,1H2,2-14H3,(H,29,32)(H,34,35)/b18-16+/t19-,20-,21?/m1/s1. The molecular weight excluding hydrogens is 474 g/mol. The molecule has 3 amide bonds. The van der Waals surface area contributed by atoms with Gasteiger partial charge in [0.05, 0.1) is 6.04 Å². The van der Waals surface area contributed by atoms with Crippen LogP contribution in [0.5, 0.6) is 0 Å². The Morgan fingerprint density at radius 1 is 0.946 bits per heavy atom. The minimum absolute atomic E-state index is 0.0784. The van der Waals surface area contributed by atoms with E-state index in [0.717, 1.165) is 0 Å². The fourth-order valence-corrected chi connectivity index (χ4v) is 3.86. The van der Waals surface area contributed by atoms with Gasteiger partial charge in [0, 0.05) is 25.1 Å². The maximum atomic E-state index is 13.8. The molecule has 3 atom stereocenters. The van der Waals surface area contributed by atoms with Crippen LogP contribution >= 0.6 is 0 Å². The largest absolute Gasteiger partial charge is 0.478 e. The summed E-state index contributed by atoms with van der Waals surface area (Å²) in [6, 6.07) is -2.48. The summed E-state index contributed by atoms with van der Waals surface area (Å²) in [5.74, 6) is -2.04. The van der Waals surface area contributed by atoms with Crippen LogP contribution in [-0.4, -0.2) is 76.6 Å². The summed E-state index contributed by atoms with van der Waals surface area (Å²) in [4.78, 5) is 54.5. The molecule has 37 heavy (non-hydrogen) atoms. The van der Waals surface area contributed by atoms with Gasteiger partial charge in [0.2, 0.25) is 11.8 Å². The van der Waals surface area contributed by atoms with E-state index in [0.29, 0.717) is 0 Å². The molecule has 0 aromatic rings. The summed E-state index contributed by atoms with van der Waals surface area (Å²) in [6.07, 6.45) is 2.46. The molecule has 0 saturated heterocycles. The van der Waals surface area contributed by atoms with Crippen molar-refractivity contribution in [3.63, 3.8) is 0 Å². The molecule has 0 spiro atoms. The maximum Gasteiger partial charge on any atom is 0.410 e. The molecule has 0 bridgehead atoms. The number of hydrogen-bond donors (Lipinski definition) is 2. The van der Waals surface area contributed by atoms with Gasteiger partial charge in [-0.05, 0) is 39.0 Å². The van der Waals surface area contributed by atoms with Gasteiger partial charge in [-0.2, -0.15) is 0 Å². The molecule has 0 aliphatic carbocycles. The Labute approximate surface area is 223 Å². The molecule has 2 N–H and O–H groups in total. The first-order valence-corrected chi connectivity index (χ1v) is 12.6. The van der Waals surface area contributed by atoms with Crippen molar-refractivity contribution in [2.45, 2.75) is 99.9 Å². The molecule has 212 valence electrons. The van der Waals surface area contributed by atoms with Crippen molar-refractivity contribution in [1.82, 2.24) is 15.1 Å². The van der Waals surface area contributed by atoms with E-state index in [-0.39, 0.29) is 17.4 Å². The summed E-state index contributed by atoms with van der Waals surface area (Å²) >= 11 is 0. The Morgan fingerprint density at radius 2 is 1.43 bits per heavy atom. The number of carboxylic acids is 1. The zero-order valence-electron chi connectivity index (χ0n) is 25.1. The highest BCUT2D eigenvalue weighted by atomic mass is 16.6. The molecule has 0 radical (unpaired) electrons. The Bertz CT molecular complexity index is 893. The number of nitrogens with one attached hydrogen (secondary N) is 1. The third-order valence-electron chi connectivity index (χ3n) is 6.18. The topological polar surface area (TPSA) is 116 Å². The lowest BCUT2D eigenvalue weighted by atomic mass is 9.81. The Hall–Kier alpha value is -2.84. The van der Waals surface area contributed by atoms with Crippen LogP contribution < -0.4 is 5.32 Å². The number of likely N-dealkylation sites (N-methyl/N-ethyl adjacent to an activating group) is 2. The van der Waals surface area contributed by atoms with Crippen molar-refractivity contribution < 1.29 is 29.0 Å². The molecular formula is C28H49N3O6. The average molecular weight is 524 g/mol. The van der Waals surface area contributed by atoms with Crippen LogP contribution in [0.1, 0.15) is 76.2 Å². The third kappa shape index (κ3) is 9.85. The Balaban J connectivity index is 6.39. The fourth-order valence-electron chi connectivity index (χ4n) is 3.86. The quantitative estimate of drug-likeness (QED) is 0.322. The van der Waals surface area contributed by atoms with Gasteiger partial charge in [0.1, 0.15) is 17.7 Å². The molecule has 0 aromatic heterocycles. The Morgan fingerprint density at radius 3 is 1.78 bits per heavy atom. The number of nitrogens with zero attached hydrogens (tertiary/aromatic N) is 2. The van der Waals surface area contributed by atoms with Gasteiger partial charge < -0.3 is 20.1 Å². The third-order valence-corrected chi connectivity index (χ3v) is 6.18. The minimum Gasteiger partial charge on any atom is -0.478 e. The summed E-state index contributed by atoms with van der Waals surface area (Å²) in [5, 5.41) is 12.2. The molecule has 9 nitrogen and oxygen atoms in total. The van der Waals surface area contributed by atoms with E-state index in [9.17, 15) is 24.3 Å². The minimum atomic E-state index is -1.06. The predicted octanol–water partition coefficient (Wildman–Crippen LogP) is 4.48. The highest BCUT2D eigenvalue weighted by Crippen LogP contribution is 2.29. The first kappa shape index (κ1) is 34.2. The number of hydrogen-bond acceptors (Lipinski definition) is 5. The van der Waals surface area contributed by atoms with Crippen molar-refractivity contribution in [3.8, 4) is 0 Å². The van der Waals surface area contributed by atoms with Crippen molar-refractivity contribution in [2.75, 3.05) is 14.1 Å². The zero-order valence-corrected chi connectivity index (χ0v) is 25.1. The number of rotatable bonds is 10. The van der Waals surface area contributed by atoms with Crippen molar-refractivity contribution in [1.29, 1.82) is 0 Å². The van der Waals surface area contributed by atoms with Crippen LogP contribution in [0.3, 0.4) is 0 Å². The van der Waals surface area contributed by atoms with Gasteiger partial charge in [0.15, 0.2) is 0 Å². The van der Waals surface area contributed by atoms with Crippen LogP contribution in [0.4, 0.5) is 4.79 Å². The van der Waals surface area contributed by atoms with E-state index < -0.39 is 52.5 Å². The number of amides is 3. The lowest BCUT2D eigenvalue weighted by Gasteiger charge is -2.41. The van der Waals surface area contributed by atoms with Crippen molar-refractivity contribution >= 4 is 23.9 Å². The van der Waals surface area contributed by atoms with Gasteiger partial charge in [-0.15, -0.1) is 6.58 Å². The van der Waals surface area contributed by atoms with E-state index >= 15 is 0 Å². The van der Waals surface area contributed by atoms with E-state index in [1.165, 1.54) is 23.8 Å². The normalized spacial score (nSPS) is 15.4. The SMILES string of the molecule is C=CC(C)(C)C(C(=O)N[C@H](C(=O)N(C)[C@H](/C=C(\C)C(=O)O)C(C)C)C(C)(C)C)N(C)C(=O)OC(C)(C)C. The van der Waals surface area contributed by atoms with Gasteiger partial charge in [-0.3, -0.25) is 14.5 Å². The van der Waals surface area contributed by atoms with Gasteiger partial charge in [0.25, 0.3) is 0 Å². The number of carbonyl (C=O) groups is 4.